The van der Waals surface area contributed by atoms with Crippen molar-refractivity contribution in [3.8, 4) is 11.1 Å². The molecule has 1 N–H and O–H groups in total. The van der Waals surface area contributed by atoms with Gasteiger partial charge in [0.05, 0.1) is 0 Å². The third-order valence-electron chi connectivity index (χ3n) is 2.87. The van der Waals surface area contributed by atoms with Crippen molar-refractivity contribution in [2.75, 3.05) is 6.54 Å². The molecule has 2 aromatic carbocycles. The molecule has 0 bridgehead atoms. The lowest BCUT2D eigenvalue weighted by Crippen LogP contribution is -2.12. The first-order valence-electron chi connectivity index (χ1n) is 6.06. The highest BCUT2D eigenvalue weighted by Crippen LogP contribution is 2.28. The fourth-order valence-electron chi connectivity index (χ4n) is 1.89. The minimum absolute atomic E-state index is 0.569. The maximum atomic E-state index is 13.3. The summed E-state index contributed by atoms with van der Waals surface area (Å²) in [4.78, 5) is 0. The van der Waals surface area contributed by atoms with Gasteiger partial charge in [-0.15, -0.1) is 0 Å². The Morgan fingerprint density at radius 1 is 1.05 bits per heavy atom. The van der Waals surface area contributed by atoms with Crippen LogP contribution >= 0.6 is 11.6 Å². The molecule has 19 heavy (non-hydrogen) atoms. The molecular formula is C15H14ClF2N. The van der Waals surface area contributed by atoms with Crippen LogP contribution in [0.5, 0.6) is 0 Å². The van der Waals surface area contributed by atoms with Crippen molar-refractivity contribution in [2.24, 2.45) is 0 Å². The van der Waals surface area contributed by atoms with Gasteiger partial charge in [0.1, 0.15) is 0 Å². The van der Waals surface area contributed by atoms with Crippen LogP contribution in [0.3, 0.4) is 0 Å². The van der Waals surface area contributed by atoms with Gasteiger partial charge in [0.2, 0.25) is 0 Å². The van der Waals surface area contributed by atoms with Gasteiger partial charge >= 0.3 is 0 Å². The van der Waals surface area contributed by atoms with Crippen molar-refractivity contribution in [1.82, 2.24) is 5.32 Å². The maximum absolute atomic E-state index is 13.3. The number of benzene rings is 2. The van der Waals surface area contributed by atoms with Gasteiger partial charge in [0.25, 0.3) is 0 Å². The van der Waals surface area contributed by atoms with Crippen LogP contribution in [-0.4, -0.2) is 6.54 Å². The molecule has 1 nitrogen and oxygen atoms in total. The molecule has 0 radical (unpaired) electrons. The Balaban J connectivity index is 2.46. The Bertz CT molecular complexity index is 584. The molecule has 4 heteroatoms. The van der Waals surface area contributed by atoms with Crippen LogP contribution < -0.4 is 5.32 Å². The summed E-state index contributed by atoms with van der Waals surface area (Å²) in [5, 5.41) is 3.78. The van der Waals surface area contributed by atoms with E-state index >= 15 is 0 Å². The largest absolute Gasteiger partial charge is 0.313 e. The van der Waals surface area contributed by atoms with E-state index in [1.165, 1.54) is 6.07 Å². The van der Waals surface area contributed by atoms with E-state index in [-0.39, 0.29) is 0 Å². The van der Waals surface area contributed by atoms with E-state index in [1.807, 2.05) is 13.0 Å². The van der Waals surface area contributed by atoms with Crippen LogP contribution in [0.1, 0.15) is 12.5 Å². The van der Waals surface area contributed by atoms with Gasteiger partial charge in [0.15, 0.2) is 11.6 Å². The average molecular weight is 282 g/mol. The summed E-state index contributed by atoms with van der Waals surface area (Å²) in [6, 6.07) is 9.32. The maximum Gasteiger partial charge on any atom is 0.159 e. The predicted molar refractivity (Wildman–Crippen MR) is 74.2 cm³/mol. The molecule has 100 valence electrons. The van der Waals surface area contributed by atoms with Crippen LogP contribution in [0.2, 0.25) is 5.02 Å². The molecule has 0 amide bonds. The molecule has 0 spiro atoms. The molecule has 0 unspecified atom stereocenters. The van der Waals surface area contributed by atoms with Crippen LogP contribution in [-0.2, 0) is 6.54 Å². The second-order valence-corrected chi connectivity index (χ2v) is 4.65. The molecule has 0 aliphatic carbocycles. The Morgan fingerprint density at radius 3 is 2.53 bits per heavy atom. The molecule has 0 atom stereocenters. The Hall–Kier alpha value is -1.45. The van der Waals surface area contributed by atoms with Crippen molar-refractivity contribution in [2.45, 2.75) is 13.5 Å². The fourth-order valence-corrected chi connectivity index (χ4v) is 2.07. The van der Waals surface area contributed by atoms with Gasteiger partial charge in [-0.25, -0.2) is 8.78 Å². The zero-order valence-corrected chi connectivity index (χ0v) is 11.3. The van der Waals surface area contributed by atoms with Crippen molar-refractivity contribution in [3.05, 3.63) is 58.6 Å². The molecule has 0 aliphatic heterocycles. The number of hydrogen-bond donors (Lipinski definition) is 1. The molecule has 0 aromatic heterocycles. The lowest BCUT2D eigenvalue weighted by molar-refractivity contribution is 0.509. The average Bonchev–Trinajstić information content (AvgIpc) is 2.40. The molecule has 0 saturated heterocycles. The quantitative estimate of drug-likeness (QED) is 0.876. The van der Waals surface area contributed by atoms with E-state index in [2.05, 4.69) is 5.32 Å². The molecule has 2 rings (SSSR count). The van der Waals surface area contributed by atoms with E-state index < -0.39 is 11.6 Å². The van der Waals surface area contributed by atoms with Gasteiger partial charge in [-0.2, -0.15) is 0 Å². The lowest BCUT2D eigenvalue weighted by Gasteiger charge is -2.11. The van der Waals surface area contributed by atoms with Crippen LogP contribution in [0, 0.1) is 11.6 Å². The summed E-state index contributed by atoms with van der Waals surface area (Å²) in [6.45, 7) is 3.50. The first-order chi connectivity index (χ1) is 9.11. The van der Waals surface area contributed by atoms with Crippen molar-refractivity contribution >= 4 is 11.6 Å². The third kappa shape index (κ3) is 3.31. The topological polar surface area (TPSA) is 12.0 Å². The van der Waals surface area contributed by atoms with Crippen LogP contribution in [0.4, 0.5) is 8.78 Å². The van der Waals surface area contributed by atoms with Gasteiger partial charge in [0, 0.05) is 11.6 Å². The standard InChI is InChI=1S/C15H14ClF2N/c1-2-19-9-11-3-5-12(16)8-13(11)10-4-6-14(17)15(18)7-10/h3-8,19H,2,9H2,1H3. The van der Waals surface area contributed by atoms with E-state index in [0.717, 1.165) is 23.7 Å². The van der Waals surface area contributed by atoms with Gasteiger partial charge in [-0.1, -0.05) is 30.7 Å². The molecule has 0 aliphatic rings. The number of halogens is 3. The normalized spacial score (nSPS) is 10.7. The SMILES string of the molecule is CCNCc1ccc(Cl)cc1-c1ccc(F)c(F)c1. The zero-order chi connectivity index (χ0) is 13.8. The van der Waals surface area contributed by atoms with Crippen molar-refractivity contribution in [3.63, 3.8) is 0 Å². The molecular weight excluding hydrogens is 268 g/mol. The van der Waals surface area contributed by atoms with Gasteiger partial charge in [-0.3, -0.25) is 0 Å². The van der Waals surface area contributed by atoms with E-state index in [1.54, 1.807) is 18.2 Å². The third-order valence-corrected chi connectivity index (χ3v) is 3.10. The highest BCUT2D eigenvalue weighted by molar-refractivity contribution is 6.30. The summed E-state index contributed by atoms with van der Waals surface area (Å²) in [6.07, 6.45) is 0. The summed E-state index contributed by atoms with van der Waals surface area (Å²) < 4.78 is 26.3. The highest BCUT2D eigenvalue weighted by Gasteiger charge is 2.09. The smallest absolute Gasteiger partial charge is 0.159 e. The first kappa shape index (κ1) is 14.0. The lowest BCUT2D eigenvalue weighted by atomic mass is 9.99. The second-order valence-electron chi connectivity index (χ2n) is 4.21. The summed E-state index contributed by atoms with van der Waals surface area (Å²) in [7, 11) is 0. The van der Waals surface area contributed by atoms with Crippen molar-refractivity contribution in [1.29, 1.82) is 0 Å². The monoisotopic (exact) mass is 281 g/mol. The predicted octanol–water partition coefficient (Wildman–Crippen LogP) is 4.39. The molecule has 0 heterocycles. The summed E-state index contributed by atoms with van der Waals surface area (Å²) in [5.41, 5.74) is 2.43. The van der Waals surface area contributed by atoms with Gasteiger partial charge in [-0.05, 0) is 47.5 Å². The Kier molecular flexibility index (Phi) is 4.51. The minimum atomic E-state index is -0.855. The van der Waals surface area contributed by atoms with Gasteiger partial charge < -0.3 is 5.32 Å². The number of nitrogens with one attached hydrogen (secondary N) is 1. The summed E-state index contributed by atoms with van der Waals surface area (Å²) in [5.74, 6) is -1.70. The molecule has 0 fully saturated rings. The summed E-state index contributed by atoms with van der Waals surface area (Å²) >= 11 is 5.98. The highest BCUT2D eigenvalue weighted by atomic mass is 35.5. The van der Waals surface area contributed by atoms with Crippen LogP contribution in [0.15, 0.2) is 36.4 Å². The van der Waals surface area contributed by atoms with Crippen molar-refractivity contribution < 1.29 is 8.78 Å². The zero-order valence-electron chi connectivity index (χ0n) is 10.5. The second kappa shape index (κ2) is 6.13. The number of rotatable bonds is 4. The molecule has 2 aromatic rings. The number of hydrogen-bond acceptors (Lipinski definition) is 1. The van der Waals surface area contributed by atoms with E-state index in [9.17, 15) is 8.78 Å². The minimum Gasteiger partial charge on any atom is -0.313 e. The Labute approximate surface area is 116 Å². The first-order valence-corrected chi connectivity index (χ1v) is 6.44. The van der Waals surface area contributed by atoms with E-state index in [0.29, 0.717) is 17.1 Å². The van der Waals surface area contributed by atoms with E-state index in [4.69, 9.17) is 11.6 Å². The molecule has 0 saturated carbocycles. The van der Waals surface area contributed by atoms with Crippen LogP contribution in [0.25, 0.3) is 11.1 Å². The fraction of sp³-hybridized carbons (Fsp3) is 0.200. The Morgan fingerprint density at radius 2 is 1.84 bits per heavy atom.